The molecule has 2 heterocycles. The summed E-state index contributed by atoms with van der Waals surface area (Å²) in [6.07, 6.45) is -9.88. The Hall–Kier alpha value is -2.36. The number of aromatic amines is 1. The van der Waals surface area contributed by atoms with Crippen molar-refractivity contribution in [1.82, 2.24) is 9.97 Å². The summed E-state index contributed by atoms with van der Waals surface area (Å²) >= 11 is 0.878. The van der Waals surface area contributed by atoms with Gasteiger partial charge in [0.1, 0.15) is 10.7 Å². The molecule has 138 valence electrons. The molecule has 0 fully saturated rings. The van der Waals surface area contributed by atoms with Gasteiger partial charge in [-0.3, -0.25) is 4.79 Å². The van der Waals surface area contributed by atoms with E-state index < -0.39 is 29.0 Å². The predicted octanol–water partition coefficient (Wildman–Crippen LogP) is 5.31. The highest BCUT2D eigenvalue weighted by molar-refractivity contribution is 7.22. The van der Waals surface area contributed by atoms with E-state index in [-0.39, 0.29) is 32.3 Å². The maximum Gasteiger partial charge on any atom is 0.416 e. The van der Waals surface area contributed by atoms with Gasteiger partial charge in [-0.05, 0) is 43.2 Å². The van der Waals surface area contributed by atoms with Gasteiger partial charge < -0.3 is 4.98 Å². The number of H-pyrrole nitrogens is 1. The van der Waals surface area contributed by atoms with E-state index in [0.717, 1.165) is 11.3 Å². The van der Waals surface area contributed by atoms with E-state index in [1.54, 1.807) is 0 Å². The van der Waals surface area contributed by atoms with Crippen molar-refractivity contribution in [3.05, 3.63) is 51.1 Å². The molecule has 0 aliphatic rings. The highest BCUT2D eigenvalue weighted by Gasteiger charge is 2.37. The van der Waals surface area contributed by atoms with Crippen LogP contribution in [0.1, 0.15) is 22.5 Å². The molecule has 0 unspecified atom stereocenters. The predicted molar refractivity (Wildman–Crippen MR) is 85.2 cm³/mol. The molecule has 26 heavy (non-hydrogen) atoms. The number of nitrogens with zero attached hydrogens (tertiary/aromatic N) is 1. The second-order valence-electron chi connectivity index (χ2n) is 5.68. The lowest BCUT2D eigenvalue weighted by Crippen LogP contribution is -2.11. The van der Waals surface area contributed by atoms with Crippen LogP contribution in [0.4, 0.5) is 26.3 Å². The third-order valence-corrected chi connectivity index (χ3v) is 5.00. The van der Waals surface area contributed by atoms with Crippen LogP contribution in [0.2, 0.25) is 0 Å². The molecule has 0 bridgehead atoms. The minimum atomic E-state index is -4.94. The number of alkyl halides is 6. The lowest BCUT2D eigenvalue weighted by molar-refractivity contribution is -0.143. The Morgan fingerprint density at radius 1 is 0.962 bits per heavy atom. The Balaban J connectivity index is 2.33. The van der Waals surface area contributed by atoms with Gasteiger partial charge >= 0.3 is 12.4 Å². The number of hydrogen-bond acceptors (Lipinski definition) is 3. The number of fused-ring (bicyclic) bond motifs is 1. The molecule has 1 aromatic carbocycles. The normalized spacial score (nSPS) is 12.8. The second kappa shape index (κ2) is 5.83. The molecule has 0 spiro atoms. The smallest absolute Gasteiger partial charge is 0.310 e. The van der Waals surface area contributed by atoms with Gasteiger partial charge in [0.25, 0.3) is 5.56 Å². The second-order valence-corrected chi connectivity index (χ2v) is 6.68. The standard InChI is InChI=1S/C16H10F6N2OS/c1-6-11-13(25)23-7(2)24-14(11)26-12(6)8-3-9(15(17,18)19)5-10(4-8)16(20,21)22/h3-5H,1-2H3,(H,23,24,25). The van der Waals surface area contributed by atoms with E-state index in [1.165, 1.54) is 13.8 Å². The van der Waals surface area contributed by atoms with Gasteiger partial charge in [-0.25, -0.2) is 4.98 Å². The zero-order chi connectivity index (χ0) is 19.4. The lowest BCUT2D eigenvalue weighted by atomic mass is 10.0. The van der Waals surface area contributed by atoms with E-state index in [0.29, 0.717) is 18.0 Å². The van der Waals surface area contributed by atoms with Crippen molar-refractivity contribution >= 4 is 21.6 Å². The molecule has 3 nitrogen and oxygen atoms in total. The molecule has 0 saturated heterocycles. The molecule has 0 atom stereocenters. The first-order valence-corrected chi connectivity index (χ1v) is 7.99. The Labute approximate surface area is 146 Å². The monoisotopic (exact) mass is 392 g/mol. The van der Waals surface area contributed by atoms with Gasteiger partial charge in [-0.1, -0.05) is 0 Å². The van der Waals surface area contributed by atoms with Gasteiger partial charge in [0.15, 0.2) is 0 Å². The molecule has 10 heteroatoms. The number of hydrogen-bond donors (Lipinski definition) is 1. The van der Waals surface area contributed by atoms with Crippen molar-refractivity contribution in [3.8, 4) is 10.4 Å². The van der Waals surface area contributed by atoms with Crippen molar-refractivity contribution in [2.75, 3.05) is 0 Å². The van der Waals surface area contributed by atoms with Crippen LogP contribution in [0, 0.1) is 13.8 Å². The molecule has 3 rings (SSSR count). The number of benzene rings is 1. The van der Waals surface area contributed by atoms with Gasteiger partial charge in [0.05, 0.1) is 16.5 Å². The molecule has 3 aromatic rings. The van der Waals surface area contributed by atoms with Crippen molar-refractivity contribution in [3.63, 3.8) is 0 Å². The highest BCUT2D eigenvalue weighted by atomic mass is 32.1. The first-order chi connectivity index (χ1) is 11.9. The molecule has 1 N–H and O–H groups in total. The van der Waals surface area contributed by atoms with Gasteiger partial charge in [-0.15, -0.1) is 11.3 Å². The van der Waals surface area contributed by atoms with E-state index >= 15 is 0 Å². The van der Waals surface area contributed by atoms with Crippen LogP contribution in [-0.2, 0) is 12.4 Å². The van der Waals surface area contributed by atoms with Gasteiger partial charge in [0, 0.05) is 4.88 Å². The van der Waals surface area contributed by atoms with E-state index in [4.69, 9.17) is 0 Å². The Morgan fingerprint density at radius 2 is 1.50 bits per heavy atom. The van der Waals surface area contributed by atoms with E-state index in [9.17, 15) is 31.1 Å². The first-order valence-electron chi connectivity index (χ1n) is 7.18. The number of nitrogens with one attached hydrogen (secondary N) is 1. The van der Waals surface area contributed by atoms with Gasteiger partial charge in [0.2, 0.25) is 0 Å². The van der Waals surface area contributed by atoms with Crippen molar-refractivity contribution < 1.29 is 26.3 Å². The Bertz CT molecular complexity index is 1030. The maximum atomic E-state index is 13.0. The van der Waals surface area contributed by atoms with E-state index in [1.807, 2.05) is 0 Å². The zero-order valence-electron chi connectivity index (χ0n) is 13.3. The van der Waals surface area contributed by atoms with E-state index in [2.05, 4.69) is 9.97 Å². The quantitative estimate of drug-likeness (QED) is 0.571. The molecule has 0 aliphatic carbocycles. The Morgan fingerprint density at radius 3 is 2.00 bits per heavy atom. The summed E-state index contributed by atoms with van der Waals surface area (Å²) < 4.78 is 78.3. The SMILES string of the molecule is Cc1nc2sc(-c3cc(C(F)(F)F)cc(C(F)(F)F)c3)c(C)c2c(=O)[nH]1. The van der Waals surface area contributed by atoms with Crippen LogP contribution < -0.4 is 5.56 Å². The number of thiophene rings is 1. The minimum Gasteiger partial charge on any atom is -0.310 e. The highest BCUT2D eigenvalue weighted by Crippen LogP contribution is 2.42. The fraction of sp³-hybridized carbons (Fsp3) is 0.250. The number of aromatic nitrogens is 2. The third-order valence-electron chi connectivity index (χ3n) is 3.77. The number of halogens is 6. The number of aryl methyl sites for hydroxylation is 2. The number of rotatable bonds is 1. The molecule has 0 radical (unpaired) electrons. The van der Waals surface area contributed by atoms with Crippen molar-refractivity contribution in [2.24, 2.45) is 0 Å². The molecular formula is C16H10F6N2OS. The zero-order valence-corrected chi connectivity index (χ0v) is 14.1. The summed E-state index contributed by atoms with van der Waals surface area (Å²) in [7, 11) is 0. The fourth-order valence-electron chi connectivity index (χ4n) is 2.61. The average Bonchev–Trinajstić information content (AvgIpc) is 2.82. The fourth-order valence-corrected chi connectivity index (χ4v) is 3.83. The molecule has 0 amide bonds. The molecule has 2 aromatic heterocycles. The largest absolute Gasteiger partial charge is 0.416 e. The van der Waals surface area contributed by atoms with Crippen LogP contribution in [-0.4, -0.2) is 9.97 Å². The summed E-state index contributed by atoms with van der Waals surface area (Å²) in [4.78, 5) is 19.0. The van der Waals surface area contributed by atoms with Gasteiger partial charge in [-0.2, -0.15) is 26.3 Å². The topological polar surface area (TPSA) is 45.8 Å². The summed E-state index contributed by atoms with van der Waals surface area (Å²) in [5.74, 6) is 0.301. The lowest BCUT2D eigenvalue weighted by Gasteiger charge is -2.14. The van der Waals surface area contributed by atoms with Crippen LogP contribution in [0.25, 0.3) is 20.7 Å². The molecule has 0 aliphatic heterocycles. The summed E-state index contributed by atoms with van der Waals surface area (Å²) in [6.45, 7) is 3.00. The van der Waals surface area contributed by atoms with Crippen molar-refractivity contribution in [1.29, 1.82) is 0 Å². The van der Waals surface area contributed by atoms with Crippen molar-refractivity contribution in [2.45, 2.75) is 26.2 Å². The maximum absolute atomic E-state index is 13.0. The summed E-state index contributed by atoms with van der Waals surface area (Å²) in [5, 5.41) is 0.154. The first kappa shape index (κ1) is 18.4. The third kappa shape index (κ3) is 3.20. The summed E-state index contributed by atoms with van der Waals surface area (Å²) in [6, 6.07) is 1.36. The van der Waals surface area contributed by atoms with Crippen LogP contribution in [0.15, 0.2) is 23.0 Å². The van der Waals surface area contributed by atoms with Crippen LogP contribution in [0.3, 0.4) is 0 Å². The average molecular weight is 392 g/mol. The van der Waals surface area contributed by atoms with Crippen LogP contribution in [0.5, 0.6) is 0 Å². The Kier molecular flexibility index (Phi) is 4.13. The molecule has 0 saturated carbocycles. The van der Waals surface area contributed by atoms with Crippen LogP contribution >= 0.6 is 11.3 Å². The minimum absolute atomic E-state index is 0.0708. The molecular weight excluding hydrogens is 382 g/mol. The summed E-state index contributed by atoms with van der Waals surface area (Å²) in [5.41, 5.74) is -3.28.